The third-order valence-corrected chi connectivity index (χ3v) is 5.62. The van der Waals surface area contributed by atoms with Crippen molar-refractivity contribution in [1.82, 2.24) is 0 Å². The Kier molecular flexibility index (Phi) is 9.28. The van der Waals surface area contributed by atoms with E-state index < -0.39 is 17.3 Å². The molecule has 0 radical (unpaired) electrons. The normalized spacial score (nSPS) is 12.5. The maximum atomic E-state index is 11.0. The fraction of sp³-hybridized carbons (Fsp3) is 0.400. The Morgan fingerprint density at radius 1 is 0.591 bits per heavy atom. The van der Waals surface area contributed by atoms with Crippen LogP contribution in [0.3, 0.4) is 0 Å². The molecule has 0 aliphatic carbocycles. The molecule has 0 aliphatic heterocycles. The Hall–Kier alpha value is -1.73. The molecule has 22 heavy (non-hydrogen) atoms. The molecule has 0 N–H and O–H groups in total. The van der Waals surface area contributed by atoms with E-state index in [4.69, 9.17) is 10.6 Å². The molecule has 0 unspecified atom stereocenters. The van der Waals surface area contributed by atoms with E-state index in [9.17, 15) is 14.4 Å². The van der Waals surface area contributed by atoms with Crippen LogP contribution in [0.25, 0.3) is 0 Å². The van der Waals surface area contributed by atoms with Gasteiger partial charge in [0.15, 0.2) is 0 Å². The van der Waals surface area contributed by atoms with Crippen LogP contribution in [-0.2, 0) is 25.0 Å². The Bertz CT molecular complexity index is 454. The predicted octanol–water partition coefficient (Wildman–Crippen LogP) is 2.50. The molecule has 0 saturated carbocycles. The van der Waals surface area contributed by atoms with E-state index in [1.165, 1.54) is 39.0 Å². The summed E-state index contributed by atoms with van der Waals surface area (Å²) in [6.07, 6.45) is 3.96. The van der Waals surface area contributed by atoms with Gasteiger partial charge in [0.2, 0.25) is 0 Å². The van der Waals surface area contributed by atoms with E-state index in [2.05, 4.69) is 0 Å². The second kappa shape index (κ2) is 10.1. The minimum atomic E-state index is -3.28. The molecule has 0 aliphatic rings. The Labute approximate surface area is 137 Å². The van der Waals surface area contributed by atoms with Gasteiger partial charge >= 0.3 is 137 Å². The zero-order chi connectivity index (χ0) is 17.3. The molecule has 7 heteroatoms. The van der Waals surface area contributed by atoms with Gasteiger partial charge in [0, 0.05) is 0 Å². The number of rotatable bonds is 9. The van der Waals surface area contributed by atoms with E-state index in [-0.39, 0.29) is 17.3 Å². The average molecular weight is 367 g/mol. The van der Waals surface area contributed by atoms with E-state index in [1.807, 2.05) is 0 Å². The summed E-state index contributed by atoms with van der Waals surface area (Å²) in [6, 6.07) is 0. The summed E-state index contributed by atoms with van der Waals surface area (Å²) in [5.41, 5.74) is 0. The van der Waals surface area contributed by atoms with Crippen LogP contribution >= 0.6 is 0 Å². The maximum absolute atomic E-state index is 11.0. The van der Waals surface area contributed by atoms with E-state index in [0.717, 1.165) is 0 Å². The van der Waals surface area contributed by atoms with Crippen molar-refractivity contribution >= 4 is 34.7 Å². The van der Waals surface area contributed by atoms with Crippen molar-refractivity contribution in [2.24, 2.45) is 0 Å². The molecule has 120 valence electrons. The summed E-state index contributed by atoms with van der Waals surface area (Å²) in [5, 5.41) is 0. The summed E-state index contributed by atoms with van der Waals surface area (Å²) >= 11 is -3.28. The van der Waals surface area contributed by atoms with Crippen molar-refractivity contribution < 1.29 is 25.0 Å². The van der Waals surface area contributed by atoms with Crippen molar-refractivity contribution in [3.05, 3.63) is 35.5 Å². The van der Waals surface area contributed by atoms with E-state index in [0.29, 0.717) is 17.3 Å². The summed E-state index contributed by atoms with van der Waals surface area (Å²) in [6.45, 7) is 9.04. The molecule has 0 spiro atoms. The molecular weight excluding hydrogens is 346 g/mol. The monoisotopic (exact) mass is 366 g/mol. The fourth-order valence-corrected chi connectivity index (χ4v) is 4.13. The summed E-state index contributed by atoms with van der Waals surface area (Å²) < 4.78 is 16.6. The Morgan fingerprint density at radius 3 is 1.00 bits per heavy atom. The van der Waals surface area contributed by atoms with Gasteiger partial charge < -0.3 is 0 Å². The first-order chi connectivity index (χ1) is 10.1. The number of carbonyl (C=O) groups is 3. The summed E-state index contributed by atoms with van der Waals surface area (Å²) in [7, 11) is 0. The molecule has 0 fully saturated rings. The van der Waals surface area contributed by atoms with Gasteiger partial charge in [-0.25, -0.2) is 0 Å². The first-order valence-electron chi connectivity index (χ1n) is 6.66. The van der Waals surface area contributed by atoms with Gasteiger partial charge in [-0.2, -0.15) is 0 Å². The van der Waals surface area contributed by atoms with Gasteiger partial charge in [0.25, 0.3) is 0 Å². The molecule has 0 aromatic heterocycles. The summed E-state index contributed by atoms with van der Waals surface area (Å²) in [5.74, 6) is 0.609. The number of carbonyl (C=O) groups excluding carboxylic acids is 3. The van der Waals surface area contributed by atoms with Gasteiger partial charge in [-0.05, 0) is 0 Å². The van der Waals surface area contributed by atoms with Crippen LogP contribution in [0.15, 0.2) is 35.5 Å². The quantitative estimate of drug-likeness (QED) is 0.354. The van der Waals surface area contributed by atoms with Crippen molar-refractivity contribution in [2.45, 2.75) is 41.5 Å². The van der Waals surface area contributed by atoms with Crippen LogP contribution in [0.4, 0.5) is 0 Å². The van der Waals surface area contributed by atoms with Gasteiger partial charge in [-0.15, -0.1) is 0 Å². The topological polar surface area (TPSA) is 78.9 Å². The number of hydrogen-bond donors (Lipinski definition) is 0. The first-order valence-corrected chi connectivity index (χ1v) is 9.63. The standard InChI is InChI=1S/3C5H8O2.Ga/c3*1-4(6)3-5(2)7;/h3*3,6H,1-2H3;/q;;;+3/p-3/b3*4-3+;. The second-order valence-corrected chi connectivity index (χ2v) is 7.43. The Balaban J connectivity index is 5.10. The van der Waals surface area contributed by atoms with Crippen LogP contribution in [0.2, 0.25) is 0 Å². The molecule has 6 nitrogen and oxygen atoms in total. The average Bonchev–Trinajstić information content (AvgIpc) is 2.23. The van der Waals surface area contributed by atoms with Crippen molar-refractivity contribution in [3.8, 4) is 0 Å². The zero-order valence-corrected chi connectivity index (χ0v) is 16.2. The molecule has 0 atom stereocenters. The number of ketones is 3. The fourth-order valence-electron chi connectivity index (χ4n) is 1.49. The minimum absolute atomic E-state index is 0.161. The molecule has 0 amide bonds. The number of allylic oxidation sites excluding steroid dienone is 6. The molecule has 0 aromatic carbocycles. The molecule has 0 heterocycles. The third kappa shape index (κ3) is 11.0. The predicted molar refractivity (Wildman–Crippen MR) is 82.3 cm³/mol. The van der Waals surface area contributed by atoms with Crippen LogP contribution < -0.4 is 0 Å². The van der Waals surface area contributed by atoms with Crippen LogP contribution in [0, 0.1) is 0 Å². The van der Waals surface area contributed by atoms with Crippen molar-refractivity contribution in [1.29, 1.82) is 0 Å². The van der Waals surface area contributed by atoms with Gasteiger partial charge in [0.1, 0.15) is 0 Å². The SMILES string of the molecule is CC(=O)/C=C(\C)[O][Ga]([O]/C(C)=C/C(C)=O)[O]/C(C)=C/C(C)=O. The molecule has 0 bridgehead atoms. The molecular formula is C15H21GaO6. The molecule has 0 aromatic rings. The zero-order valence-electron chi connectivity index (χ0n) is 13.8. The number of hydrogen-bond acceptors (Lipinski definition) is 6. The van der Waals surface area contributed by atoms with Gasteiger partial charge in [-0.1, -0.05) is 0 Å². The van der Waals surface area contributed by atoms with Crippen LogP contribution in [0.5, 0.6) is 0 Å². The van der Waals surface area contributed by atoms with Crippen molar-refractivity contribution in [2.75, 3.05) is 0 Å². The van der Waals surface area contributed by atoms with Gasteiger partial charge in [-0.3, -0.25) is 0 Å². The third-order valence-electron chi connectivity index (χ3n) is 2.07. The van der Waals surface area contributed by atoms with Gasteiger partial charge in [0.05, 0.1) is 0 Å². The van der Waals surface area contributed by atoms with E-state index >= 15 is 0 Å². The van der Waals surface area contributed by atoms with Crippen molar-refractivity contribution in [3.63, 3.8) is 0 Å². The van der Waals surface area contributed by atoms with Crippen LogP contribution in [0.1, 0.15) is 41.5 Å². The molecule has 0 saturated heterocycles. The van der Waals surface area contributed by atoms with Crippen LogP contribution in [-0.4, -0.2) is 34.7 Å². The summed E-state index contributed by atoms with van der Waals surface area (Å²) in [4.78, 5) is 33.1. The van der Waals surface area contributed by atoms with E-state index in [1.54, 1.807) is 20.8 Å². The first kappa shape index (κ1) is 20.3. The Morgan fingerprint density at radius 2 is 0.818 bits per heavy atom. The second-order valence-electron chi connectivity index (χ2n) is 4.74. The molecule has 0 rings (SSSR count).